The SMILES string of the molecule is O=C(CCCn1nnc(-c2ccccc2)n1)N1CCN(c2ncc(C(F)(F)F)cc2Cl)CC1. The molecule has 0 spiro atoms. The number of rotatable bonds is 6. The summed E-state index contributed by atoms with van der Waals surface area (Å²) in [6.07, 6.45) is -2.82. The highest BCUT2D eigenvalue weighted by molar-refractivity contribution is 6.33. The second-order valence-corrected chi connectivity index (χ2v) is 7.98. The number of halogens is 4. The number of aryl methyl sites for hydroxylation is 1. The van der Waals surface area contributed by atoms with Crippen LogP contribution in [-0.4, -0.2) is 62.2 Å². The summed E-state index contributed by atoms with van der Waals surface area (Å²) in [5.41, 5.74) is -0.0110. The number of pyridine rings is 1. The Labute approximate surface area is 193 Å². The van der Waals surface area contributed by atoms with Crippen LogP contribution in [0.25, 0.3) is 11.4 Å². The zero-order chi connectivity index (χ0) is 23.4. The van der Waals surface area contributed by atoms with Crippen molar-refractivity contribution < 1.29 is 18.0 Å². The van der Waals surface area contributed by atoms with E-state index >= 15 is 0 Å². The van der Waals surface area contributed by atoms with Crippen LogP contribution in [0, 0.1) is 0 Å². The summed E-state index contributed by atoms with van der Waals surface area (Å²) >= 11 is 6.03. The predicted octanol–water partition coefficient (Wildman–Crippen LogP) is 3.54. The molecule has 33 heavy (non-hydrogen) atoms. The van der Waals surface area contributed by atoms with Crippen molar-refractivity contribution >= 4 is 23.3 Å². The highest BCUT2D eigenvalue weighted by Gasteiger charge is 2.32. The first-order chi connectivity index (χ1) is 15.8. The van der Waals surface area contributed by atoms with E-state index in [1.807, 2.05) is 30.3 Å². The van der Waals surface area contributed by atoms with Gasteiger partial charge >= 0.3 is 6.18 Å². The maximum absolute atomic E-state index is 12.8. The van der Waals surface area contributed by atoms with E-state index in [4.69, 9.17) is 11.6 Å². The molecule has 3 aromatic rings. The van der Waals surface area contributed by atoms with Gasteiger partial charge in [-0.15, -0.1) is 10.2 Å². The number of benzene rings is 1. The van der Waals surface area contributed by atoms with Crippen molar-refractivity contribution in [3.05, 3.63) is 53.2 Å². The van der Waals surface area contributed by atoms with Crippen LogP contribution in [-0.2, 0) is 17.5 Å². The van der Waals surface area contributed by atoms with Gasteiger partial charge in [-0.25, -0.2) is 4.98 Å². The summed E-state index contributed by atoms with van der Waals surface area (Å²) in [6.45, 7) is 2.23. The third-order valence-corrected chi connectivity index (χ3v) is 5.59. The molecule has 1 saturated heterocycles. The summed E-state index contributed by atoms with van der Waals surface area (Å²) in [5, 5.41) is 12.3. The molecule has 3 heterocycles. The van der Waals surface area contributed by atoms with Crippen molar-refractivity contribution in [1.29, 1.82) is 0 Å². The highest BCUT2D eigenvalue weighted by Crippen LogP contribution is 2.33. The lowest BCUT2D eigenvalue weighted by molar-refractivity contribution is -0.137. The third-order valence-electron chi connectivity index (χ3n) is 5.31. The van der Waals surface area contributed by atoms with Crippen molar-refractivity contribution in [2.75, 3.05) is 31.1 Å². The Morgan fingerprint density at radius 2 is 1.82 bits per heavy atom. The average Bonchev–Trinajstić information content (AvgIpc) is 3.28. The van der Waals surface area contributed by atoms with Gasteiger partial charge in [0.2, 0.25) is 11.7 Å². The van der Waals surface area contributed by atoms with Crippen LogP contribution in [0.15, 0.2) is 42.6 Å². The molecule has 174 valence electrons. The van der Waals surface area contributed by atoms with Gasteiger partial charge in [-0.05, 0) is 17.7 Å². The Kier molecular flexibility index (Phi) is 6.77. The lowest BCUT2D eigenvalue weighted by Gasteiger charge is -2.36. The molecule has 1 fully saturated rings. The largest absolute Gasteiger partial charge is 0.417 e. The van der Waals surface area contributed by atoms with Crippen LogP contribution < -0.4 is 4.90 Å². The predicted molar refractivity (Wildman–Crippen MR) is 116 cm³/mol. The molecule has 8 nitrogen and oxygen atoms in total. The molecule has 2 aromatic heterocycles. The number of carbonyl (C=O) groups is 1. The Morgan fingerprint density at radius 3 is 2.48 bits per heavy atom. The van der Waals surface area contributed by atoms with Crippen molar-refractivity contribution in [1.82, 2.24) is 30.1 Å². The summed E-state index contributed by atoms with van der Waals surface area (Å²) in [5.74, 6) is 0.835. The van der Waals surface area contributed by atoms with Gasteiger partial charge < -0.3 is 9.80 Å². The molecule has 0 unspecified atom stereocenters. The third kappa shape index (κ3) is 5.59. The number of amides is 1. The van der Waals surface area contributed by atoms with Crippen LogP contribution in [0.2, 0.25) is 5.02 Å². The first-order valence-electron chi connectivity index (χ1n) is 10.4. The molecule has 1 amide bonds. The van der Waals surface area contributed by atoms with E-state index in [0.29, 0.717) is 57.2 Å². The fourth-order valence-electron chi connectivity index (χ4n) is 3.56. The molecule has 4 rings (SSSR count). The topological polar surface area (TPSA) is 80.0 Å². The quantitative estimate of drug-likeness (QED) is 0.538. The Balaban J connectivity index is 1.24. The molecular formula is C21H21ClF3N7O. The Bertz CT molecular complexity index is 1100. The number of alkyl halides is 3. The standard InChI is InChI=1S/C21H21ClF3N7O/c22-17-13-16(21(23,24)25)14-26-20(17)31-11-9-30(10-12-31)18(33)7-4-8-32-28-19(27-29-32)15-5-2-1-3-6-15/h1-3,5-6,13-14H,4,7-12H2. The molecule has 0 aliphatic carbocycles. The summed E-state index contributed by atoms with van der Waals surface area (Å²) in [6, 6.07) is 10.4. The zero-order valence-electron chi connectivity index (χ0n) is 17.5. The number of hydrogen-bond acceptors (Lipinski definition) is 6. The van der Waals surface area contributed by atoms with Gasteiger partial charge in [0.05, 0.1) is 17.1 Å². The van der Waals surface area contributed by atoms with Crippen LogP contribution in [0.3, 0.4) is 0 Å². The minimum Gasteiger partial charge on any atom is -0.352 e. The van der Waals surface area contributed by atoms with Crippen molar-refractivity contribution in [3.8, 4) is 11.4 Å². The highest BCUT2D eigenvalue weighted by atomic mass is 35.5. The number of hydrogen-bond donors (Lipinski definition) is 0. The summed E-state index contributed by atoms with van der Waals surface area (Å²) in [7, 11) is 0. The number of anilines is 1. The smallest absolute Gasteiger partial charge is 0.352 e. The van der Waals surface area contributed by atoms with E-state index < -0.39 is 11.7 Å². The molecule has 1 aromatic carbocycles. The monoisotopic (exact) mass is 479 g/mol. The van der Waals surface area contributed by atoms with Gasteiger partial charge in [0.25, 0.3) is 0 Å². The number of piperazine rings is 1. The summed E-state index contributed by atoms with van der Waals surface area (Å²) in [4.78, 5) is 21.4. The molecule has 0 radical (unpaired) electrons. The normalized spacial score (nSPS) is 14.5. The minimum atomic E-state index is -4.49. The van der Waals surface area contributed by atoms with Gasteiger partial charge in [0.1, 0.15) is 5.82 Å². The number of aromatic nitrogens is 5. The van der Waals surface area contributed by atoms with E-state index in [9.17, 15) is 18.0 Å². The molecule has 0 saturated carbocycles. The van der Waals surface area contributed by atoms with Crippen LogP contribution in [0.5, 0.6) is 0 Å². The molecule has 0 atom stereocenters. The number of tetrazole rings is 1. The van der Waals surface area contributed by atoms with Crippen LogP contribution in [0.4, 0.5) is 19.0 Å². The van der Waals surface area contributed by atoms with E-state index in [1.54, 1.807) is 9.80 Å². The lowest BCUT2D eigenvalue weighted by Crippen LogP contribution is -2.49. The van der Waals surface area contributed by atoms with Gasteiger partial charge in [-0.2, -0.15) is 18.0 Å². The second kappa shape index (κ2) is 9.74. The first kappa shape index (κ1) is 23.0. The fraction of sp³-hybridized carbons (Fsp3) is 0.381. The molecular weight excluding hydrogens is 459 g/mol. The van der Waals surface area contributed by atoms with E-state index in [1.165, 1.54) is 4.80 Å². The molecule has 1 aliphatic rings. The van der Waals surface area contributed by atoms with Gasteiger partial charge in [0.15, 0.2) is 0 Å². The van der Waals surface area contributed by atoms with Crippen molar-refractivity contribution in [2.45, 2.75) is 25.6 Å². The molecule has 0 N–H and O–H groups in total. The maximum atomic E-state index is 12.8. The second-order valence-electron chi connectivity index (χ2n) is 7.57. The number of carbonyl (C=O) groups excluding carboxylic acids is 1. The summed E-state index contributed by atoms with van der Waals surface area (Å²) < 4.78 is 38.4. The van der Waals surface area contributed by atoms with E-state index in [0.717, 1.165) is 17.8 Å². The van der Waals surface area contributed by atoms with Crippen molar-refractivity contribution in [3.63, 3.8) is 0 Å². The number of nitrogens with zero attached hydrogens (tertiary/aromatic N) is 7. The molecule has 12 heteroatoms. The van der Waals surface area contributed by atoms with E-state index in [2.05, 4.69) is 20.4 Å². The van der Waals surface area contributed by atoms with E-state index in [-0.39, 0.29) is 10.9 Å². The Morgan fingerprint density at radius 1 is 1.09 bits per heavy atom. The molecule has 0 bridgehead atoms. The van der Waals surface area contributed by atoms with Gasteiger partial charge in [-0.3, -0.25) is 4.79 Å². The van der Waals surface area contributed by atoms with Gasteiger partial charge in [0, 0.05) is 44.4 Å². The fourth-order valence-corrected chi connectivity index (χ4v) is 3.84. The average molecular weight is 480 g/mol. The maximum Gasteiger partial charge on any atom is 0.417 e. The Hall–Kier alpha value is -3.21. The molecule has 1 aliphatic heterocycles. The lowest BCUT2D eigenvalue weighted by atomic mass is 10.2. The first-order valence-corrected chi connectivity index (χ1v) is 10.8. The van der Waals surface area contributed by atoms with Crippen LogP contribution >= 0.6 is 11.6 Å². The van der Waals surface area contributed by atoms with Crippen LogP contribution in [0.1, 0.15) is 18.4 Å². The van der Waals surface area contributed by atoms with Crippen molar-refractivity contribution in [2.24, 2.45) is 0 Å². The zero-order valence-corrected chi connectivity index (χ0v) is 18.3. The van der Waals surface area contributed by atoms with Gasteiger partial charge in [-0.1, -0.05) is 41.9 Å². The minimum absolute atomic E-state index is 0.00419.